The first-order chi connectivity index (χ1) is 42.0. The van der Waals surface area contributed by atoms with Gasteiger partial charge in [0, 0.05) is 32.1 Å². The molecule has 9 atom stereocenters. The number of aliphatic carboxylic acids is 3. The maximum atomic E-state index is 14.3. The highest BCUT2D eigenvalue weighted by Gasteiger charge is 2.41. The third-order valence-corrected chi connectivity index (χ3v) is 13.2. The van der Waals surface area contributed by atoms with Gasteiger partial charge in [0.1, 0.15) is 66.7 Å². The predicted octanol–water partition coefficient (Wildman–Crippen LogP) is -2.29. The number of nitrogens with two attached hydrogens (primary N) is 2. The number of hydrogen-bond acceptors (Lipinski definition) is 18. The van der Waals surface area contributed by atoms with Gasteiger partial charge >= 0.3 is 24.0 Å². The molecule has 3 aromatic rings. The van der Waals surface area contributed by atoms with Crippen LogP contribution in [0.4, 0.5) is 4.79 Å². The van der Waals surface area contributed by atoms with E-state index in [-0.39, 0.29) is 35.8 Å². The molecule has 0 spiro atoms. The molecule has 89 heavy (non-hydrogen) atoms. The Balaban J connectivity index is 1.81. The van der Waals surface area contributed by atoms with Crippen molar-refractivity contribution in [3.8, 4) is 5.75 Å². The van der Waals surface area contributed by atoms with Gasteiger partial charge in [-0.25, -0.2) is 14.5 Å². The van der Waals surface area contributed by atoms with Gasteiger partial charge < -0.3 is 84.3 Å². The topological polar surface area (TPSA) is 501 Å². The minimum absolute atomic E-state index is 0.0646. The Hall–Kier alpha value is -10.0. The Morgan fingerprint density at radius 1 is 0.517 bits per heavy atom. The highest BCUT2D eigenvalue weighted by molar-refractivity contribution is 6.03. The number of phenols is 1. The third kappa shape index (κ3) is 26.2. The minimum Gasteiger partial charge on any atom is -0.508 e. The van der Waals surface area contributed by atoms with Crippen molar-refractivity contribution >= 4 is 83.1 Å². The van der Waals surface area contributed by atoms with Crippen LogP contribution in [-0.4, -0.2) is 181 Å². The van der Waals surface area contributed by atoms with Crippen LogP contribution in [0.2, 0.25) is 0 Å². The first kappa shape index (κ1) is 73.2. The molecule has 3 aromatic carbocycles. The van der Waals surface area contributed by atoms with Crippen LogP contribution in [0.15, 0.2) is 84.9 Å². The Morgan fingerprint density at radius 3 is 1.56 bits per heavy atom. The minimum atomic E-state index is -2.04. The summed E-state index contributed by atoms with van der Waals surface area (Å²) in [4.78, 5) is 185. The van der Waals surface area contributed by atoms with Gasteiger partial charge in [-0.1, -0.05) is 86.6 Å². The zero-order valence-corrected chi connectivity index (χ0v) is 49.3. The number of amides is 11. The normalized spacial score (nSPS) is 13.9. The van der Waals surface area contributed by atoms with Gasteiger partial charge in [0.05, 0.1) is 13.2 Å². The molecule has 0 aliphatic rings. The molecule has 0 saturated carbocycles. The molecule has 31 heteroatoms. The molecule has 484 valence electrons. The second-order valence-corrected chi connectivity index (χ2v) is 21.0. The lowest BCUT2D eigenvalue weighted by Crippen LogP contribution is -2.60. The molecule has 11 amide bonds. The summed E-state index contributed by atoms with van der Waals surface area (Å²) in [6, 6.07) is 6.94. The quantitative estimate of drug-likeness (QED) is 0.0289. The summed E-state index contributed by atoms with van der Waals surface area (Å²) in [6.07, 6.45) is -5.88. The van der Waals surface area contributed by atoms with E-state index in [4.69, 9.17) is 16.2 Å². The van der Waals surface area contributed by atoms with Crippen LogP contribution in [0, 0.1) is 5.92 Å². The number of imide groups is 1. The number of rotatable bonds is 37. The van der Waals surface area contributed by atoms with E-state index in [1.54, 1.807) is 74.5 Å². The molecule has 0 bridgehead atoms. The number of phenolic OH excluding ortho intramolecular Hbond substituents is 1. The number of aliphatic hydroxyl groups is 1. The largest absolute Gasteiger partial charge is 0.508 e. The van der Waals surface area contributed by atoms with Crippen LogP contribution < -0.4 is 54.0 Å². The molecular weight excluding hydrogens is 1170 g/mol. The molecule has 0 aromatic heterocycles. The lowest BCUT2D eigenvalue weighted by molar-refractivity contribution is -0.146. The fraction of sp³-hybridized carbons (Fsp3) is 0.448. The zero-order valence-electron chi connectivity index (χ0n) is 49.3. The summed E-state index contributed by atoms with van der Waals surface area (Å²) in [5, 5.41) is 67.0. The standard InChI is InChI=1S/C58H77N11O20/c1-31(2)25-41(67-54(83)42(66-50(79)38(59)29-70)26-35-15-17-37(71)18-16-35)53(82)65-39(20-23-47(74)75)51(80)61-28-46(73)64-40(19-22-45(60)72)52(81)62-32(3)49(78)63-33(4)56(85)69(58(88)89-30-36-13-9-6-10-14-36)44(21-24-48(76)77)55(84)68-43(57(86)87)27-34-11-7-5-8-12-34/h5-18,31-33,38-44,70-71H,19-30,59H2,1-4H3,(H2,60,72)(H,61,80)(H,62,81)(H,63,78)(H,64,73)(H,65,82)(H,66,79)(H,67,83)(H,68,84)(H,74,75)(H,76,77)(H,86,87)/t32-,33-,38-,39-,40-,41-,42-,43-,44-/m0/s1. The van der Waals surface area contributed by atoms with E-state index in [2.05, 4.69) is 42.5 Å². The van der Waals surface area contributed by atoms with Gasteiger partial charge in [0.15, 0.2) is 0 Å². The van der Waals surface area contributed by atoms with Gasteiger partial charge in [0.2, 0.25) is 53.2 Å². The number of carbonyl (C=O) groups is 14. The Kier molecular flexibility index (Phi) is 30.3. The van der Waals surface area contributed by atoms with E-state index in [9.17, 15) is 92.7 Å². The number of aromatic hydroxyl groups is 1. The van der Waals surface area contributed by atoms with Gasteiger partial charge in [-0.3, -0.25) is 57.5 Å². The van der Waals surface area contributed by atoms with Crippen LogP contribution >= 0.6 is 0 Å². The van der Waals surface area contributed by atoms with Gasteiger partial charge in [0.25, 0.3) is 5.91 Å². The monoisotopic (exact) mass is 1250 g/mol. The predicted molar refractivity (Wildman–Crippen MR) is 311 cm³/mol. The van der Waals surface area contributed by atoms with Gasteiger partial charge in [-0.15, -0.1) is 0 Å². The number of aliphatic hydroxyl groups excluding tert-OH is 1. The number of ether oxygens (including phenoxy) is 1. The summed E-state index contributed by atoms with van der Waals surface area (Å²) < 4.78 is 5.39. The highest BCUT2D eigenvalue weighted by atomic mass is 16.6. The highest BCUT2D eigenvalue weighted by Crippen LogP contribution is 2.17. The van der Waals surface area contributed by atoms with Crippen molar-refractivity contribution in [1.82, 2.24) is 47.4 Å². The molecule has 0 fully saturated rings. The summed E-state index contributed by atoms with van der Waals surface area (Å²) >= 11 is 0. The first-order valence-electron chi connectivity index (χ1n) is 28.1. The number of primary amides is 1. The molecule has 17 N–H and O–H groups in total. The van der Waals surface area contributed by atoms with Crippen LogP contribution in [0.25, 0.3) is 0 Å². The summed E-state index contributed by atoms with van der Waals surface area (Å²) in [6.45, 7) is 3.38. The van der Waals surface area contributed by atoms with Crippen molar-refractivity contribution in [3.63, 3.8) is 0 Å². The number of nitrogens with one attached hydrogen (secondary N) is 8. The molecule has 0 heterocycles. The zero-order chi connectivity index (χ0) is 66.5. The molecule has 0 radical (unpaired) electrons. The van der Waals surface area contributed by atoms with E-state index < -0.39 is 196 Å². The maximum absolute atomic E-state index is 14.3. The van der Waals surface area contributed by atoms with E-state index >= 15 is 0 Å². The molecule has 3 rings (SSSR count). The Bertz CT molecular complexity index is 2970. The van der Waals surface area contributed by atoms with Crippen molar-refractivity contribution in [3.05, 3.63) is 102 Å². The van der Waals surface area contributed by atoms with E-state index in [1.165, 1.54) is 24.3 Å². The summed E-state index contributed by atoms with van der Waals surface area (Å²) in [7, 11) is 0. The summed E-state index contributed by atoms with van der Waals surface area (Å²) in [5.41, 5.74) is 12.3. The van der Waals surface area contributed by atoms with Crippen LogP contribution in [0.5, 0.6) is 5.75 Å². The molecule has 31 nitrogen and oxygen atoms in total. The van der Waals surface area contributed by atoms with Crippen LogP contribution in [-0.2, 0) is 86.5 Å². The fourth-order valence-electron chi connectivity index (χ4n) is 8.42. The van der Waals surface area contributed by atoms with Crippen molar-refractivity contribution in [2.24, 2.45) is 17.4 Å². The number of carbonyl (C=O) groups excluding carboxylic acids is 11. The number of carboxylic acid groups (broad SMARTS) is 3. The SMILES string of the molecule is CC(C)C[C@H](NC(=O)[C@H](Cc1ccc(O)cc1)NC(=O)[C@@H](N)CO)C(=O)N[C@@H](CCC(=O)O)C(=O)NCC(=O)N[C@@H](CCC(N)=O)C(=O)N[C@@H](C)C(=O)N[C@@H](C)C(=O)N(C(=O)OCc1ccccc1)[C@@H](CCC(=O)O)C(=O)N[C@@H](Cc1ccccc1)C(=O)O. The van der Waals surface area contributed by atoms with E-state index in [1.807, 2.05) is 0 Å². The van der Waals surface area contributed by atoms with Crippen LogP contribution in [0.3, 0.4) is 0 Å². The molecular formula is C58H77N11O20. The first-order valence-corrected chi connectivity index (χ1v) is 28.1. The molecule has 0 aliphatic heterocycles. The smallest absolute Gasteiger partial charge is 0.417 e. The van der Waals surface area contributed by atoms with Gasteiger partial charge in [-0.05, 0) is 74.3 Å². The number of nitrogens with zero attached hydrogens (tertiary/aromatic N) is 1. The van der Waals surface area contributed by atoms with Gasteiger partial charge in [-0.2, -0.15) is 0 Å². The number of hydrogen-bond donors (Lipinski definition) is 15. The number of benzene rings is 3. The molecule has 0 aliphatic carbocycles. The van der Waals surface area contributed by atoms with E-state index in [0.29, 0.717) is 16.7 Å². The average molecular weight is 1250 g/mol. The molecule has 0 saturated heterocycles. The van der Waals surface area contributed by atoms with E-state index in [0.717, 1.165) is 13.8 Å². The third-order valence-electron chi connectivity index (χ3n) is 13.2. The van der Waals surface area contributed by atoms with Crippen molar-refractivity contribution in [2.75, 3.05) is 13.2 Å². The summed E-state index contributed by atoms with van der Waals surface area (Å²) in [5.74, 6) is -15.6. The second-order valence-electron chi connectivity index (χ2n) is 21.0. The lowest BCUT2D eigenvalue weighted by Gasteiger charge is -2.31. The van der Waals surface area contributed by atoms with Crippen LogP contribution in [0.1, 0.15) is 89.3 Å². The van der Waals surface area contributed by atoms with Crippen molar-refractivity contribution < 1.29 is 97.4 Å². The fourth-order valence-corrected chi connectivity index (χ4v) is 8.42. The lowest BCUT2D eigenvalue weighted by atomic mass is 10.00. The Morgan fingerprint density at radius 2 is 1.00 bits per heavy atom. The van der Waals surface area contributed by atoms with Crippen molar-refractivity contribution in [1.29, 1.82) is 0 Å². The maximum Gasteiger partial charge on any atom is 0.417 e. The average Bonchev–Trinajstić information content (AvgIpc) is 3.05. The second kappa shape index (κ2) is 36.8. The Labute approximate surface area is 510 Å². The molecule has 0 unspecified atom stereocenters. The number of carboxylic acids is 3. The van der Waals surface area contributed by atoms with Crippen molar-refractivity contribution in [2.45, 2.75) is 146 Å².